The number of anilines is 1. The maximum atomic E-state index is 13.6. The van der Waals surface area contributed by atoms with Crippen molar-refractivity contribution in [3.05, 3.63) is 69.5 Å². The molecule has 2 aromatic carbocycles. The molecule has 2 rings (SSSR count). The average Bonchev–Trinajstić information content (AvgIpc) is 2.47. The molecule has 0 aromatic heterocycles. The third kappa shape index (κ3) is 3.34. The summed E-state index contributed by atoms with van der Waals surface area (Å²) in [6, 6.07) is 12.9. The van der Waals surface area contributed by atoms with Crippen LogP contribution in [0.2, 0.25) is 0 Å². The number of hydrogen-bond acceptors (Lipinski definition) is 4. The lowest BCUT2D eigenvalue weighted by Crippen LogP contribution is -2.16. The zero-order valence-corrected chi connectivity index (χ0v) is 11.3. The number of halogens is 1. The second-order valence-electron chi connectivity index (χ2n) is 4.56. The van der Waals surface area contributed by atoms with Crippen LogP contribution in [0.4, 0.5) is 15.8 Å². The van der Waals surface area contributed by atoms with E-state index < -0.39 is 16.4 Å². The molecule has 0 spiro atoms. The molecule has 0 heterocycles. The molecule has 0 atom stereocenters. The molecule has 0 aliphatic rings. The van der Waals surface area contributed by atoms with E-state index in [1.165, 1.54) is 6.07 Å². The van der Waals surface area contributed by atoms with Gasteiger partial charge in [0, 0.05) is 25.3 Å². The van der Waals surface area contributed by atoms with Gasteiger partial charge in [-0.25, -0.2) is 0 Å². The molecule has 0 aliphatic heterocycles. The highest BCUT2D eigenvalue weighted by Gasteiger charge is 2.14. The van der Waals surface area contributed by atoms with Gasteiger partial charge in [-0.1, -0.05) is 12.1 Å². The van der Waals surface area contributed by atoms with Gasteiger partial charge in [0.2, 0.25) is 5.82 Å². The van der Waals surface area contributed by atoms with Crippen molar-refractivity contribution in [2.75, 3.05) is 11.9 Å². The highest BCUT2D eigenvalue weighted by Crippen LogP contribution is 2.21. The molecular weight excluding hydrogens is 273 g/mol. The molecule has 0 amide bonds. The first-order valence-electron chi connectivity index (χ1n) is 6.15. The van der Waals surface area contributed by atoms with Gasteiger partial charge in [-0.15, -0.1) is 0 Å². The van der Waals surface area contributed by atoms with Crippen molar-refractivity contribution in [3.63, 3.8) is 0 Å². The lowest BCUT2D eigenvalue weighted by atomic mass is 10.1. The van der Waals surface area contributed by atoms with Crippen LogP contribution in [0.1, 0.15) is 11.1 Å². The normalized spacial score (nSPS) is 9.95. The summed E-state index contributed by atoms with van der Waals surface area (Å²) < 4.78 is 13.6. The van der Waals surface area contributed by atoms with Crippen molar-refractivity contribution in [2.45, 2.75) is 6.54 Å². The van der Waals surface area contributed by atoms with E-state index in [4.69, 9.17) is 5.26 Å². The van der Waals surface area contributed by atoms with Crippen LogP contribution in [0, 0.1) is 27.3 Å². The maximum absolute atomic E-state index is 13.6. The second-order valence-corrected chi connectivity index (χ2v) is 4.56. The Hall–Kier alpha value is -2.94. The van der Waals surface area contributed by atoms with Gasteiger partial charge in [-0.3, -0.25) is 10.1 Å². The Bertz CT molecular complexity index is 725. The number of nitro groups is 1. The van der Waals surface area contributed by atoms with Gasteiger partial charge in [-0.2, -0.15) is 9.65 Å². The van der Waals surface area contributed by atoms with Crippen molar-refractivity contribution in [2.24, 2.45) is 0 Å². The lowest BCUT2D eigenvalue weighted by Gasteiger charge is -2.19. The fraction of sp³-hybridized carbons (Fsp3) is 0.133. The van der Waals surface area contributed by atoms with Crippen molar-refractivity contribution in [1.82, 2.24) is 0 Å². The Morgan fingerprint density at radius 3 is 2.71 bits per heavy atom. The van der Waals surface area contributed by atoms with E-state index in [-0.39, 0.29) is 0 Å². The van der Waals surface area contributed by atoms with Gasteiger partial charge >= 0.3 is 5.69 Å². The summed E-state index contributed by atoms with van der Waals surface area (Å²) in [6.45, 7) is 0.379. The third-order valence-electron chi connectivity index (χ3n) is 3.04. The molecule has 0 fully saturated rings. The van der Waals surface area contributed by atoms with E-state index in [1.807, 2.05) is 11.0 Å². The second kappa shape index (κ2) is 6.01. The number of hydrogen-bond donors (Lipinski definition) is 0. The number of benzene rings is 2. The first-order valence-corrected chi connectivity index (χ1v) is 6.15. The summed E-state index contributed by atoms with van der Waals surface area (Å²) in [5.41, 5.74) is 1.43. The standard InChI is InChI=1S/C15H12FN3O2/c1-18(13-4-2-3-11(7-13)9-17)10-12-5-6-15(19(20)21)14(16)8-12/h2-8H,10H2,1H3. The molecule has 21 heavy (non-hydrogen) atoms. The predicted molar refractivity (Wildman–Crippen MR) is 76.3 cm³/mol. The molecule has 0 bridgehead atoms. The molecule has 106 valence electrons. The summed E-state index contributed by atoms with van der Waals surface area (Å²) in [4.78, 5) is 11.7. The SMILES string of the molecule is CN(Cc1ccc([N+](=O)[O-])c(F)c1)c1cccc(C#N)c1. The zero-order chi connectivity index (χ0) is 15.4. The molecule has 0 aliphatic carbocycles. The highest BCUT2D eigenvalue weighted by atomic mass is 19.1. The Kier molecular flexibility index (Phi) is 4.14. The topological polar surface area (TPSA) is 70.2 Å². The summed E-state index contributed by atoms with van der Waals surface area (Å²) in [7, 11) is 1.80. The molecule has 0 saturated carbocycles. The number of nitrogens with zero attached hydrogens (tertiary/aromatic N) is 3. The Labute approximate surface area is 121 Å². The van der Waals surface area contributed by atoms with Crippen LogP contribution in [0.25, 0.3) is 0 Å². The van der Waals surface area contributed by atoms with Crippen molar-refractivity contribution >= 4 is 11.4 Å². The maximum Gasteiger partial charge on any atom is 0.304 e. The number of rotatable bonds is 4. The van der Waals surface area contributed by atoms with Crippen LogP contribution in [0.5, 0.6) is 0 Å². The zero-order valence-electron chi connectivity index (χ0n) is 11.3. The summed E-state index contributed by atoms with van der Waals surface area (Å²) in [5.74, 6) is -0.850. The monoisotopic (exact) mass is 285 g/mol. The molecule has 0 radical (unpaired) electrons. The molecule has 6 heteroatoms. The highest BCUT2D eigenvalue weighted by molar-refractivity contribution is 5.51. The first-order chi connectivity index (χ1) is 10.0. The first kappa shape index (κ1) is 14.5. The van der Waals surface area contributed by atoms with E-state index in [9.17, 15) is 14.5 Å². The van der Waals surface area contributed by atoms with Crippen LogP contribution in [-0.2, 0) is 6.54 Å². The van der Waals surface area contributed by atoms with Gasteiger partial charge in [0.25, 0.3) is 0 Å². The fourth-order valence-electron chi connectivity index (χ4n) is 1.97. The number of nitriles is 1. The molecule has 5 nitrogen and oxygen atoms in total. The van der Waals surface area contributed by atoms with Gasteiger partial charge in [0.1, 0.15) is 0 Å². The summed E-state index contributed by atoms with van der Waals surface area (Å²) in [5, 5.41) is 19.4. The van der Waals surface area contributed by atoms with Gasteiger partial charge in [0.05, 0.1) is 16.6 Å². The van der Waals surface area contributed by atoms with Gasteiger partial charge in [0.15, 0.2) is 0 Å². The molecule has 0 N–H and O–H groups in total. The largest absolute Gasteiger partial charge is 0.370 e. The van der Waals surface area contributed by atoms with Crippen molar-refractivity contribution in [1.29, 1.82) is 5.26 Å². The minimum atomic E-state index is -0.850. The van der Waals surface area contributed by atoms with E-state index in [0.717, 1.165) is 17.8 Å². The van der Waals surface area contributed by atoms with Crippen LogP contribution in [0.3, 0.4) is 0 Å². The summed E-state index contributed by atoms with van der Waals surface area (Å²) >= 11 is 0. The minimum absolute atomic E-state index is 0.379. The van der Waals surface area contributed by atoms with Gasteiger partial charge < -0.3 is 4.90 Å². The van der Waals surface area contributed by atoms with Crippen LogP contribution >= 0.6 is 0 Å². The van der Waals surface area contributed by atoms with Crippen LogP contribution < -0.4 is 4.90 Å². The Balaban J connectivity index is 2.19. The molecule has 2 aromatic rings. The van der Waals surface area contributed by atoms with Crippen LogP contribution in [-0.4, -0.2) is 12.0 Å². The van der Waals surface area contributed by atoms with Crippen LogP contribution in [0.15, 0.2) is 42.5 Å². The minimum Gasteiger partial charge on any atom is -0.370 e. The lowest BCUT2D eigenvalue weighted by molar-refractivity contribution is -0.387. The van der Waals surface area contributed by atoms with E-state index in [2.05, 4.69) is 6.07 Å². The molecule has 0 unspecified atom stereocenters. The molecular formula is C15H12FN3O2. The van der Waals surface area contributed by atoms with Crippen molar-refractivity contribution < 1.29 is 9.31 Å². The molecule has 0 saturated heterocycles. The Morgan fingerprint density at radius 2 is 2.10 bits per heavy atom. The Morgan fingerprint density at radius 1 is 1.33 bits per heavy atom. The smallest absolute Gasteiger partial charge is 0.304 e. The third-order valence-corrected chi connectivity index (χ3v) is 3.04. The van der Waals surface area contributed by atoms with Crippen molar-refractivity contribution in [3.8, 4) is 6.07 Å². The summed E-state index contributed by atoms with van der Waals surface area (Å²) in [6.07, 6.45) is 0. The van der Waals surface area contributed by atoms with E-state index in [0.29, 0.717) is 17.7 Å². The van der Waals surface area contributed by atoms with E-state index >= 15 is 0 Å². The predicted octanol–water partition coefficient (Wildman–Crippen LogP) is 3.24. The number of nitro benzene ring substituents is 1. The van der Waals surface area contributed by atoms with E-state index in [1.54, 1.807) is 25.2 Å². The van der Waals surface area contributed by atoms with Gasteiger partial charge in [-0.05, 0) is 29.8 Å². The fourth-order valence-corrected chi connectivity index (χ4v) is 1.97. The average molecular weight is 285 g/mol. The quantitative estimate of drug-likeness (QED) is 0.638.